The quantitative estimate of drug-likeness (QED) is 0.0946. The van der Waals surface area contributed by atoms with E-state index in [-0.39, 0.29) is 55.3 Å². The Labute approximate surface area is 296 Å². The number of carboxylic acid groups (broad SMARTS) is 1. The molecule has 1 saturated heterocycles. The summed E-state index contributed by atoms with van der Waals surface area (Å²) in [6.45, 7) is -1.21. The number of rotatable bonds is 16. The van der Waals surface area contributed by atoms with E-state index in [9.17, 15) is 53.1 Å². The van der Waals surface area contributed by atoms with Gasteiger partial charge in [-0.2, -0.15) is 0 Å². The molecule has 3 atom stereocenters. The predicted octanol–water partition coefficient (Wildman–Crippen LogP) is -1.85. The van der Waals surface area contributed by atoms with Crippen LogP contribution in [0, 0.1) is 0 Å². The Kier molecular flexibility index (Phi) is 12.5. The fraction of sp³-hybridized carbons (Fsp3) is 0.353. The Morgan fingerprint density at radius 2 is 1.31 bits per heavy atom. The van der Waals surface area contributed by atoms with Crippen LogP contribution in [0.4, 0.5) is 0 Å². The Bertz CT molecular complexity index is 1840. The van der Waals surface area contributed by atoms with Crippen LogP contribution >= 0.6 is 0 Å². The Morgan fingerprint density at radius 1 is 0.750 bits per heavy atom. The van der Waals surface area contributed by atoms with Gasteiger partial charge in [-0.3, -0.25) is 43.2 Å². The summed E-state index contributed by atoms with van der Waals surface area (Å²) in [7, 11) is 0. The first kappa shape index (κ1) is 38.3. The SMILES string of the molecule is NC(=O)CC[C@H](NC(=O)CNC(=O)c1ccc2c(c1)-c1ccccc1C(=O)C2=O)C(=O)NCC(=O)N[C@@H](CCC(N)=O)C(=O)N1CCC[C@H]1C(=O)O. The second kappa shape index (κ2) is 17.0. The molecule has 0 bridgehead atoms. The molecule has 7 amide bonds. The average Bonchev–Trinajstić information content (AvgIpc) is 3.62. The van der Waals surface area contributed by atoms with Gasteiger partial charge in [0.15, 0.2) is 0 Å². The molecular formula is C34H37N7O11. The van der Waals surface area contributed by atoms with Crippen molar-refractivity contribution in [3.8, 4) is 11.1 Å². The van der Waals surface area contributed by atoms with Crippen molar-refractivity contribution in [2.24, 2.45) is 11.5 Å². The number of primary amides is 2. The third-order valence-electron chi connectivity index (χ3n) is 8.49. The smallest absolute Gasteiger partial charge is 0.326 e. The van der Waals surface area contributed by atoms with Gasteiger partial charge in [0.05, 0.1) is 13.1 Å². The van der Waals surface area contributed by atoms with Crippen LogP contribution in [0.2, 0.25) is 0 Å². The summed E-state index contributed by atoms with van der Waals surface area (Å²) in [6.07, 6.45) is -0.497. The maximum Gasteiger partial charge on any atom is 0.326 e. The van der Waals surface area contributed by atoms with Gasteiger partial charge in [-0.05, 0) is 55.0 Å². The molecule has 2 aliphatic rings. The molecule has 1 aliphatic carbocycles. The number of nitrogens with zero attached hydrogens (tertiary/aromatic N) is 1. The van der Waals surface area contributed by atoms with Crippen molar-refractivity contribution in [3.05, 3.63) is 59.2 Å². The molecule has 1 aliphatic heterocycles. The number of nitrogens with two attached hydrogens (primary N) is 2. The van der Waals surface area contributed by atoms with Gasteiger partial charge in [0.25, 0.3) is 5.91 Å². The van der Waals surface area contributed by atoms with E-state index >= 15 is 0 Å². The van der Waals surface area contributed by atoms with E-state index in [0.717, 1.165) is 4.90 Å². The summed E-state index contributed by atoms with van der Waals surface area (Å²) in [5.41, 5.74) is 11.7. The minimum Gasteiger partial charge on any atom is -0.480 e. The first-order chi connectivity index (χ1) is 24.7. The number of Topliss-reactive ketones (excluding diaryl/α,β-unsaturated/α-hetero) is 2. The standard InChI is InChI=1S/C34H37N7O11/c35-25(42)11-9-22(32(49)38-16-28(45)40-23(10-12-26(36)43)33(50)41-13-3-6-24(41)34(51)52)39-27(44)15-37-31(48)17-7-8-20-21(14-17)18-4-1-2-5-19(18)29(46)30(20)47/h1-2,4-5,7-8,14,22-24H,3,6,9-13,15-16H2,(H2,35,42)(H2,36,43)(H,37,48)(H,38,49)(H,39,44)(H,40,45)(H,51,52)/t22-,23-,24-/m0/s1. The van der Waals surface area contributed by atoms with Crippen molar-refractivity contribution in [3.63, 3.8) is 0 Å². The molecule has 18 nitrogen and oxygen atoms in total. The lowest BCUT2D eigenvalue weighted by molar-refractivity contribution is -0.149. The molecule has 1 heterocycles. The highest BCUT2D eigenvalue weighted by Gasteiger charge is 2.38. The van der Waals surface area contributed by atoms with Crippen LogP contribution in [0.5, 0.6) is 0 Å². The molecule has 274 valence electrons. The van der Waals surface area contributed by atoms with E-state index < -0.39 is 90.1 Å². The van der Waals surface area contributed by atoms with Crippen molar-refractivity contribution in [2.45, 2.75) is 56.7 Å². The number of carboxylic acids is 1. The summed E-state index contributed by atoms with van der Waals surface area (Å²) >= 11 is 0. The fourth-order valence-corrected chi connectivity index (χ4v) is 5.90. The lowest BCUT2D eigenvalue weighted by Gasteiger charge is -2.27. The summed E-state index contributed by atoms with van der Waals surface area (Å²) in [5.74, 6) is -8.23. The Hall–Kier alpha value is -6.46. The molecule has 0 aromatic heterocycles. The molecule has 0 saturated carbocycles. The van der Waals surface area contributed by atoms with Crippen LogP contribution < -0.4 is 32.7 Å². The van der Waals surface area contributed by atoms with E-state index in [4.69, 9.17) is 11.5 Å². The first-order valence-electron chi connectivity index (χ1n) is 16.2. The fourth-order valence-electron chi connectivity index (χ4n) is 5.90. The van der Waals surface area contributed by atoms with Gasteiger partial charge in [0, 0.05) is 36.1 Å². The monoisotopic (exact) mass is 719 g/mol. The number of nitrogens with one attached hydrogen (secondary N) is 4. The predicted molar refractivity (Wildman–Crippen MR) is 179 cm³/mol. The van der Waals surface area contributed by atoms with Crippen LogP contribution in [-0.4, -0.2) is 107 Å². The second-order valence-corrected chi connectivity index (χ2v) is 12.1. The van der Waals surface area contributed by atoms with Gasteiger partial charge >= 0.3 is 5.97 Å². The third kappa shape index (κ3) is 9.40. The topological polar surface area (TPSA) is 294 Å². The number of hydrogen-bond donors (Lipinski definition) is 7. The third-order valence-corrected chi connectivity index (χ3v) is 8.49. The van der Waals surface area contributed by atoms with E-state index in [2.05, 4.69) is 21.3 Å². The number of fused-ring (bicyclic) bond motifs is 3. The van der Waals surface area contributed by atoms with Gasteiger partial charge in [-0.1, -0.05) is 24.3 Å². The number of likely N-dealkylation sites (tertiary alicyclic amines) is 1. The van der Waals surface area contributed by atoms with Crippen molar-refractivity contribution in [1.82, 2.24) is 26.2 Å². The summed E-state index contributed by atoms with van der Waals surface area (Å²) in [6, 6.07) is 6.70. The Morgan fingerprint density at radius 3 is 1.92 bits per heavy atom. The van der Waals surface area contributed by atoms with Crippen molar-refractivity contribution in [2.75, 3.05) is 19.6 Å². The highest BCUT2D eigenvalue weighted by Crippen LogP contribution is 2.34. The number of benzene rings is 2. The highest BCUT2D eigenvalue weighted by atomic mass is 16.4. The molecule has 2 aromatic rings. The van der Waals surface area contributed by atoms with Gasteiger partial charge < -0.3 is 42.7 Å². The lowest BCUT2D eigenvalue weighted by Crippen LogP contribution is -2.54. The lowest BCUT2D eigenvalue weighted by atomic mass is 9.83. The zero-order chi connectivity index (χ0) is 38.1. The largest absolute Gasteiger partial charge is 0.480 e. The van der Waals surface area contributed by atoms with Crippen molar-refractivity contribution >= 4 is 58.9 Å². The normalized spacial score (nSPS) is 15.7. The number of hydrogen-bond acceptors (Lipinski definition) is 10. The molecule has 9 N–H and O–H groups in total. The zero-order valence-electron chi connectivity index (χ0n) is 27.8. The number of ketones is 2. The molecule has 0 radical (unpaired) electrons. The number of carbonyl (C=O) groups is 10. The van der Waals surface area contributed by atoms with E-state index in [1.165, 1.54) is 24.3 Å². The minimum absolute atomic E-state index is 0.0772. The molecular weight excluding hydrogens is 682 g/mol. The van der Waals surface area contributed by atoms with Gasteiger partial charge in [0.1, 0.15) is 18.1 Å². The molecule has 1 fully saturated rings. The second-order valence-electron chi connectivity index (χ2n) is 12.1. The number of amides is 7. The van der Waals surface area contributed by atoms with E-state index in [0.29, 0.717) is 17.5 Å². The molecule has 18 heteroatoms. The van der Waals surface area contributed by atoms with Crippen LogP contribution in [0.25, 0.3) is 11.1 Å². The molecule has 52 heavy (non-hydrogen) atoms. The van der Waals surface area contributed by atoms with Crippen LogP contribution in [-0.2, 0) is 33.6 Å². The zero-order valence-corrected chi connectivity index (χ0v) is 27.8. The minimum atomic E-state index is -1.39. The number of carbonyl (C=O) groups excluding carboxylic acids is 9. The van der Waals surface area contributed by atoms with E-state index in [1.54, 1.807) is 18.2 Å². The molecule has 0 spiro atoms. The molecule has 0 unspecified atom stereocenters. The molecule has 2 aromatic carbocycles. The Balaban J connectivity index is 1.35. The summed E-state index contributed by atoms with van der Waals surface area (Å²) in [5, 5.41) is 18.9. The first-order valence-corrected chi connectivity index (χ1v) is 16.2. The van der Waals surface area contributed by atoms with Gasteiger partial charge in [-0.15, -0.1) is 0 Å². The van der Waals surface area contributed by atoms with Gasteiger partial charge in [0.2, 0.25) is 47.0 Å². The van der Waals surface area contributed by atoms with Crippen LogP contribution in [0.1, 0.15) is 69.6 Å². The van der Waals surface area contributed by atoms with Crippen molar-refractivity contribution in [1.29, 1.82) is 0 Å². The van der Waals surface area contributed by atoms with E-state index in [1.807, 2.05) is 0 Å². The maximum atomic E-state index is 13.1. The van der Waals surface area contributed by atoms with Gasteiger partial charge in [-0.25, -0.2) is 4.79 Å². The highest BCUT2D eigenvalue weighted by molar-refractivity contribution is 6.53. The summed E-state index contributed by atoms with van der Waals surface area (Å²) < 4.78 is 0. The van der Waals surface area contributed by atoms with Crippen LogP contribution in [0.15, 0.2) is 42.5 Å². The van der Waals surface area contributed by atoms with Crippen molar-refractivity contribution < 1.29 is 53.1 Å². The summed E-state index contributed by atoms with van der Waals surface area (Å²) in [4.78, 5) is 125. The average molecular weight is 720 g/mol. The molecule has 4 rings (SSSR count). The maximum absolute atomic E-state index is 13.1. The number of aliphatic carboxylic acids is 1. The van der Waals surface area contributed by atoms with Crippen LogP contribution in [0.3, 0.4) is 0 Å².